The van der Waals surface area contributed by atoms with Crippen LogP contribution >= 0.6 is 23.1 Å². The Morgan fingerprint density at radius 2 is 2.00 bits per heavy atom. The van der Waals surface area contributed by atoms with E-state index >= 15 is 0 Å². The van der Waals surface area contributed by atoms with Crippen LogP contribution in [0.5, 0.6) is 11.5 Å². The predicted molar refractivity (Wildman–Crippen MR) is 164 cm³/mol. The Bertz CT molecular complexity index is 1750. The fraction of sp³-hybridized carbons (Fsp3) is 0.370. The number of thiazole rings is 1. The molecule has 4 rings (SSSR count). The van der Waals surface area contributed by atoms with E-state index < -0.39 is 40.2 Å². The van der Waals surface area contributed by atoms with Gasteiger partial charge in [-0.05, 0) is 42.8 Å². The van der Waals surface area contributed by atoms with Gasteiger partial charge in [0, 0.05) is 24.5 Å². The van der Waals surface area contributed by atoms with Crippen LogP contribution in [0.2, 0.25) is 0 Å². The fourth-order valence-electron chi connectivity index (χ4n) is 4.05. The zero-order valence-corrected chi connectivity index (χ0v) is 26.4. The normalized spacial score (nSPS) is 13.7. The highest BCUT2D eigenvalue weighted by Crippen LogP contribution is 2.29. The number of carbonyl (C=O) groups excluding carboxylic acids is 1. The van der Waals surface area contributed by atoms with Gasteiger partial charge in [-0.3, -0.25) is 4.79 Å². The molecule has 5 N–H and O–H groups in total. The number of fused-ring (bicyclic) bond motifs is 1. The third-order valence-corrected chi connectivity index (χ3v) is 9.98. The molecule has 0 aliphatic heterocycles. The molecule has 0 aliphatic rings. The number of amides is 1. The number of hydrogen-bond acceptors (Lipinski definition) is 12. The Kier molecular flexibility index (Phi) is 11.3. The second-order valence-electron chi connectivity index (χ2n) is 9.97. The largest absolute Gasteiger partial charge is 0.491 e. The number of nitrogens with two attached hydrogens (primary N) is 1. The summed E-state index contributed by atoms with van der Waals surface area (Å²) in [6, 6.07) is 10.8. The zero-order valence-electron chi connectivity index (χ0n) is 24.0. The van der Waals surface area contributed by atoms with Crippen molar-refractivity contribution in [2.24, 2.45) is 5.14 Å². The maximum atomic E-state index is 13.3. The van der Waals surface area contributed by atoms with Gasteiger partial charge in [-0.2, -0.15) is 11.8 Å². The van der Waals surface area contributed by atoms with Gasteiger partial charge >= 0.3 is 5.97 Å². The van der Waals surface area contributed by atoms with Crippen molar-refractivity contribution in [1.82, 2.24) is 25.3 Å². The van der Waals surface area contributed by atoms with Crippen LogP contribution in [0.15, 0.2) is 53.0 Å². The smallest absolute Gasteiger partial charge is 0.329 e. The molecule has 0 saturated carbocycles. The summed E-state index contributed by atoms with van der Waals surface area (Å²) >= 11 is 2.19. The lowest BCUT2D eigenvalue weighted by molar-refractivity contribution is -0.146. The molecule has 0 saturated heterocycles. The molecule has 45 heavy (non-hydrogen) atoms. The molecule has 2 aromatic heterocycles. The summed E-state index contributed by atoms with van der Waals surface area (Å²) in [5.74, 6) is -0.567. The Hall–Kier alpha value is -3.84. The van der Waals surface area contributed by atoms with Crippen LogP contribution in [-0.4, -0.2) is 81.7 Å². The number of carbonyl (C=O) groups is 2. The predicted octanol–water partition coefficient (Wildman–Crippen LogP) is 2.28. The molecule has 2 atom stereocenters. The second kappa shape index (κ2) is 15.0. The molecule has 242 valence electrons. The topological polar surface area (TPSA) is 209 Å². The number of alkyl halides is 1. The number of halogens is 1. The number of carboxylic acid groups (broad SMARTS) is 1. The summed E-state index contributed by atoms with van der Waals surface area (Å²) in [6.45, 7) is 0.283. The third-order valence-electron chi connectivity index (χ3n) is 6.33. The number of sulfonamides is 1. The molecule has 14 nitrogen and oxygen atoms in total. The van der Waals surface area contributed by atoms with Gasteiger partial charge in [0.2, 0.25) is 10.2 Å². The van der Waals surface area contributed by atoms with E-state index in [0.717, 1.165) is 16.9 Å². The number of rotatable bonds is 17. The molecule has 0 bridgehead atoms. The summed E-state index contributed by atoms with van der Waals surface area (Å²) in [5.41, 5.74) is -0.0235. The van der Waals surface area contributed by atoms with E-state index in [9.17, 15) is 32.6 Å². The van der Waals surface area contributed by atoms with Crippen molar-refractivity contribution in [3.05, 3.63) is 59.9 Å². The lowest BCUT2D eigenvalue weighted by Gasteiger charge is -2.28. The van der Waals surface area contributed by atoms with Crippen molar-refractivity contribution in [2.75, 3.05) is 25.6 Å². The first-order valence-corrected chi connectivity index (χ1v) is 16.9. The Morgan fingerprint density at radius 3 is 2.71 bits per heavy atom. The van der Waals surface area contributed by atoms with Crippen molar-refractivity contribution in [2.45, 2.75) is 41.6 Å². The van der Waals surface area contributed by atoms with Crippen LogP contribution in [0.25, 0.3) is 10.2 Å². The Morgan fingerprint density at radius 1 is 1.22 bits per heavy atom. The van der Waals surface area contributed by atoms with Gasteiger partial charge < -0.3 is 25.0 Å². The van der Waals surface area contributed by atoms with Gasteiger partial charge in [-0.25, -0.2) is 32.4 Å². The zero-order chi connectivity index (χ0) is 32.6. The number of aromatic nitrogens is 4. The maximum Gasteiger partial charge on any atom is 0.329 e. The molecule has 2 aromatic carbocycles. The molecule has 18 heteroatoms. The van der Waals surface area contributed by atoms with Crippen molar-refractivity contribution in [1.29, 1.82) is 0 Å². The van der Waals surface area contributed by atoms with Crippen LogP contribution < -0.4 is 19.9 Å². The Labute approximate surface area is 265 Å². The van der Waals surface area contributed by atoms with Gasteiger partial charge in [-0.1, -0.05) is 17.3 Å². The highest BCUT2D eigenvalue weighted by molar-refractivity contribution is 7.98. The number of primary sulfonamides is 1. The molecule has 0 spiro atoms. The minimum absolute atomic E-state index is 0.0226. The van der Waals surface area contributed by atoms with E-state index in [0.29, 0.717) is 33.2 Å². The number of aliphatic hydroxyl groups excluding tert-OH is 1. The SMILES string of the molecule is C[C@](CSCc1cccc(OCCF)c1)(NC(=O)[C@H](CCO)n1cc(COc2ccc3nc(S(N)(=O)=O)sc3c2)nn1)C(=O)O. The molecule has 0 aliphatic carbocycles. The average Bonchev–Trinajstić information content (AvgIpc) is 3.65. The number of carboxylic acids is 1. The summed E-state index contributed by atoms with van der Waals surface area (Å²) in [6.07, 6.45) is 1.40. The second-order valence-corrected chi connectivity index (χ2v) is 13.7. The molecule has 1 amide bonds. The maximum absolute atomic E-state index is 13.3. The first-order chi connectivity index (χ1) is 21.4. The molecule has 2 heterocycles. The number of nitrogens with zero attached hydrogens (tertiary/aromatic N) is 4. The van der Waals surface area contributed by atoms with Gasteiger partial charge in [0.1, 0.15) is 48.7 Å². The highest BCUT2D eigenvalue weighted by atomic mass is 32.2. The van der Waals surface area contributed by atoms with Crippen LogP contribution in [0.3, 0.4) is 0 Å². The molecular formula is C27H31FN6O8S3. The molecule has 4 aromatic rings. The van der Waals surface area contributed by atoms with Crippen molar-refractivity contribution in [3.63, 3.8) is 0 Å². The summed E-state index contributed by atoms with van der Waals surface area (Å²) in [7, 11) is -3.94. The van der Waals surface area contributed by atoms with Gasteiger partial charge in [0.15, 0.2) is 0 Å². The number of aliphatic carboxylic acids is 1. The van der Waals surface area contributed by atoms with E-state index in [4.69, 9.17) is 14.6 Å². The monoisotopic (exact) mass is 682 g/mol. The van der Waals surface area contributed by atoms with Crippen LogP contribution in [0.1, 0.15) is 30.6 Å². The Balaban J connectivity index is 1.38. The standard InChI is InChI=1S/C27H31FN6O8S3/c1-27(25(37)38,16-43-15-17-3-2-4-19(11-17)41-10-8-28)31-24(36)22(7-9-35)34-13-18(32-33-34)14-42-20-5-6-21-23(12-20)44-26(30-21)45(29,39)40/h2-6,11-13,22,35H,7-10,14-16H2,1H3,(H,31,36)(H,37,38)(H2,29,39,40)/t22-,27+/m0/s1. The molecule has 0 unspecified atom stereocenters. The van der Waals surface area contributed by atoms with Crippen LogP contribution in [0.4, 0.5) is 4.39 Å². The summed E-state index contributed by atoms with van der Waals surface area (Å²) in [4.78, 5) is 29.5. The quantitative estimate of drug-likeness (QED) is 0.126. The van der Waals surface area contributed by atoms with E-state index in [1.54, 1.807) is 36.4 Å². The number of ether oxygens (including phenoxy) is 2. The number of nitrogens with one attached hydrogen (secondary N) is 1. The van der Waals surface area contributed by atoms with Crippen molar-refractivity contribution < 1.29 is 42.1 Å². The summed E-state index contributed by atoms with van der Waals surface area (Å²) in [5, 5.41) is 35.4. The first kappa shape index (κ1) is 34.0. The number of hydrogen-bond donors (Lipinski definition) is 4. The third kappa shape index (κ3) is 9.10. The van der Waals surface area contributed by atoms with E-state index in [-0.39, 0.29) is 36.3 Å². The number of benzene rings is 2. The minimum atomic E-state index is -3.94. The molecule has 0 fully saturated rings. The lowest BCUT2D eigenvalue weighted by Crippen LogP contribution is -2.56. The average molecular weight is 683 g/mol. The molecular weight excluding hydrogens is 652 g/mol. The minimum Gasteiger partial charge on any atom is -0.491 e. The van der Waals surface area contributed by atoms with E-state index in [2.05, 4.69) is 20.6 Å². The fourth-order valence-corrected chi connectivity index (χ4v) is 6.86. The van der Waals surface area contributed by atoms with Crippen LogP contribution in [-0.2, 0) is 32.0 Å². The molecule has 0 radical (unpaired) electrons. The van der Waals surface area contributed by atoms with E-state index in [1.807, 2.05) is 6.07 Å². The number of thioether (sulfide) groups is 1. The van der Waals surface area contributed by atoms with Gasteiger partial charge in [-0.15, -0.1) is 16.4 Å². The number of aliphatic hydroxyl groups is 1. The van der Waals surface area contributed by atoms with Gasteiger partial charge in [0.05, 0.1) is 16.4 Å². The van der Waals surface area contributed by atoms with Crippen LogP contribution in [0, 0.1) is 0 Å². The van der Waals surface area contributed by atoms with Crippen molar-refractivity contribution in [3.8, 4) is 11.5 Å². The first-order valence-electron chi connectivity index (χ1n) is 13.4. The van der Waals surface area contributed by atoms with E-state index in [1.165, 1.54) is 29.6 Å². The van der Waals surface area contributed by atoms with Gasteiger partial charge in [0.25, 0.3) is 10.0 Å². The highest BCUT2D eigenvalue weighted by Gasteiger charge is 2.37. The van der Waals surface area contributed by atoms with Crippen molar-refractivity contribution >= 4 is 55.2 Å². The lowest BCUT2D eigenvalue weighted by atomic mass is 10.0. The summed E-state index contributed by atoms with van der Waals surface area (Å²) < 4.78 is 48.2.